The molecule has 0 aliphatic carbocycles. The third-order valence-electron chi connectivity index (χ3n) is 3.42. The number of thioether (sulfide) groups is 1. The summed E-state index contributed by atoms with van der Waals surface area (Å²) in [6.07, 6.45) is 2.55. The van der Waals surface area contributed by atoms with Gasteiger partial charge in [-0.1, -0.05) is 53.3 Å². The minimum atomic E-state index is -2.40. The first kappa shape index (κ1) is 23.1. The highest BCUT2D eigenvalue weighted by Crippen LogP contribution is 2.24. The SMILES string of the molecule is COC(=O)/C=C/CS/C(=N/OC(=O)c1c(F)c(F)c(F)c(F)c1F)c1ccccc1. The molecule has 0 spiro atoms. The molecule has 0 heterocycles. The summed E-state index contributed by atoms with van der Waals surface area (Å²) in [4.78, 5) is 27.4. The molecule has 0 aliphatic heterocycles. The smallest absolute Gasteiger partial charge is 0.371 e. The lowest BCUT2D eigenvalue weighted by molar-refractivity contribution is -0.134. The Bertz CT molecular complexity index is 983. The molecule has 2 rings (SSSR count). The molecule has 0 aromatic heterocycles. The van der Waals surface area contributed by atoms with Gasteiger partial charge >= 0.3 is 11.9 Å². The number of oxime groups is 1. The first-order chi connectivity index (χ1) is 14.3. The molecule has 0 atom stereocenters. The largest absolute Gasteiger partial charge is 0.466 e. The van der Waals surface area contributed by atoms with Crippen LogP contribution in [0.3, 0.4) is 0 Å². The molecule has 158 valence electrons. The van der Waals surface area contributed by atoms with Crippen molar-refractivity contribution in [3.05, 3.63) is 82.7 Å². The quantitative estimate of drug-likeness (QED) is 0.0761. The number of benzene rings is 2. The minimum Gasteiger partial charge on any atom is -0.466 e. The summed E-state index contributed by atoms with van der Waals surface area (Å²) in [5, 5.41) is 3.52. The van der Waals surface area contributed by atoms with E-state index in [0.29, 0.717) is 5.56 Å². The first-order valence-electron chi connectivity index (χ1n) is 8.01. The van der Waals surface area contributed by atoms with Gasteiger partial charge in [-0.05, 0) is 0 Å². The Morgan fingerprint density at radius 1 is 0.967 bits per heavy atom. The second-order valence-corrected chi connectivity index (χ2v) is 6.33. The van der Waals surface area contributed by atoms with Gasteiger partial charge in [0.15, 0.2) is 23.3 Å². The highest BCUT2D eigenvalue weighted by Gasteiger charge is 2.31. The highest BCUT2D eigenvalue weighted by atomic mass is 32.2. The average molecular weight is 445 g/mol. The molecular weight excluding hydrogens is 433 g/mol. The van der Waals surface area contributed by atoms with E-state index in [2.05, 4.69) is 14.7 Å². The van der Waals surface area contributed by atoms with Crippen LogP contribution < -0.4 is 0 Å². The van der Waals surface area contributed by atoms with Crippen molar-refractivity contribution in [1.29, 1.82) is 0 Å². The molecule has 0 fully saturated rings. The predicted octanol–water partition coefficient (Wildman–Crippen LogP) is 4.36. The van der Waals surface area contributed by atoms with Crippen molar-refractivity contribution in [2.24, 2.45) is 5.16 Å². The highest BCUT2D eigenvalue weighted by molar-refractivity contribution is 8.14. The third kappa shape index (κ3) is 5.44. The van der Waals surface area contributed by atoms with Gasteiger partial charge < -0.3 is 9.57 Å². The zero-order valence-corrected chi connectivity index (χ0v) is 15.9. The lowest BCUT2D eigenvalue weighted by atomic mass is 10.1. The van der Waals surface area contributed by atoms with E-state index in [1.165, 1.54) is 13.2 Å². The van der Waals surface area contributed by atoms with Crippen molar-refractivity contribution in [1.82, 2.24) is 0 Å². The van der Waals surface area contributed by atoms with Gasteiger partial charge in [-0.2, -0.15) is 0 Å². The van der Waals surface area contributed by atoms with Crippen LogP contribution in [0.25, 0.3) is 0 Å². The fourth-order valence-corrected chi connectivity index (χ4v) is 2.74. The Labute approximate surface area is 171 Å². The first-order valence-corrected chi connectivity index (χ1v) is 9.00. The normalized spacial score (nSPS) is 11.6. The number of ether oxygens (including phenoxy) is 1. The topological polar surface area (TPSA) is 65.0 Å². The van der Waals surface area contributed by atoms with Crippen LogP contribution in [0, 0.1) is 29.1 Å². The Kier molecular flexibility index (Phi) is 8.10. The van der Waals surface area contributed by atoms with E-state index < -0.39 is 46.6 Å². The molecule has 0 aliphatic rings. The van der Waals surface area contributed by atoms with Crippen LogP contribution in [0.5, 0.6) is 0 Å². The van der Waals surface area contributed by atoms with E-state index in [-0.39, 0.29) is 10.8 Å². The number of hydrogen-bond acceptors (Lipinski definition) is 6. The Balaban J connectivity index is 2.28. The van der Waals surface area contributed by atoms with Gasteiger partial charge in [0, 0.05) is 17.4 Å². The summed E-state index contributed by atoms with van der Waals surface area (Å²) < 4.78 is 71.5. The van der Waals surface area contributed by atoms with Gasteiger partial charge in [0.25, 0.3) is 0 Å². The van der Waals surface area contributed by atoms with E-state index in [1.807, 2.05) is 0 Å². The predicted molar refractivity (Wildman–Crippen MR) is 98.2 cm³/mol. The maximum absolute atomic E-state index is 13.7. The number of methoxy groups -OCH3 is 1. The Morgan fingerprint density at radius 2 is 1.53 bits per heavy atom. The lowest BCUT2D eigenvalue weighted by Gasteiger charge is -2.07. The molecule has 0 amide bonds. The van der Waals surface area contributed by atoms with Crippen LogP contribution in [-0.4, -0.2) is 29.8 Å². The number of rotatable bonds is 6. The summed E-state index contributed by atoms with van der Waals surface area (Å²) in [7, 11) is 1.19. The molecule has 0 unspecified atom stereocenters. The molecule has 0 saturated carbocycles. The standard InChI is InChI=1S/C19H12F5NO4S/c1-28-11(26)8-5-9-30-18(10-6-3-2-4-7-10)25-29-19(27)12-13(20)15(22)17(24)16(23)14(12)21/h2-8H,9H2,1H3/b8-5+,25-18+. The minimum absolute atomic E-state index is 0.0438. The van der Waals surface area contributed by atoms with Crippen LogP contribution >= 0.6 is 11.8 Å². The molecule has 2 aromatic rings. The van der Waals surface area contributed by atoms with Crippen molar-refractivity contribution in [2.75, 3.05) is 12.9 Å². The van der Waals surface area contributed by atoms with E-state index in [0.717, 1.165) is 17.8 Å². The van der Waals surface area contributed by atoms with E-state index >= 15 is 0 Å². The molecule has 0 bridgehead atoms. The molecular formula is C19H12F5NO4S. The molecule has 0 saturated heterocycles. The molecule has 11 heteroatoms. The fraction of sp³-hybridized carbons (Fsp3) is 0.105. The van der Waals surface area contributed by atoms with Crippen molar-refractivity contribution in [2.45, 2.75) is 0 Å². The third-order valence-corrected chi connectivity index (χ3v) is 4.36. The van der Waals surface area contributed by atoms with E-state index in [4.69, 9.17) is 0 Å². The molecule has 5 nitrogen and oxygen atoms in total. The van der Waals surface area contributed by atoms with E-state index in [1.54, 1.807) is 30.3 Å². The van der Waals surface area contributed by atoms with Crippen LogP contribution in [-0.2, 0) is 14.4 Å². The number of hydrogen-bond donors (Lipinski definition) is 0. The van der Waals surface area contributed by atoms with Gasteiger partial charge in [-0.15, -0.1) is 0 Å². The lowest BCUT2D eigenvalue weighted by Crippen LogP contribution is -2.14. The average Bonchev–Trinajstić information content (AvgIpc) is 2.76. The Hall–Kier alpha value is -3.21. The van der Waals surface area contributed by atoms with Crippen molar-refractivity contribution >= 4 is 28.7 Å². The number of carbonyl (C=O) groups excluding carboxylic acids is 2. The number of nitrogens with zero attached hydrogens (tertiary/aromatic N) is 1. The van der Waals surface area contributed by atoms with Gasteiger partial charge in [0.2, 0.25) is 5.82 Å². The van der Waals surface area contributed by atoms with Crippen LogP contribution in [0.2, 0.25) is 0 Å². The second kappa shape index (κ2) is 10.5. The summed E-state index contributed by atoms with van der Waals surface area (Å²) in [5.41, 5.74) is -1.34. The number of carbonyl (C=O) groups is 2. The van der Waals surface area contributed by atoms with Crippen molar-refractivity contribution in [3.8, 4) is 0 Å². The second-order valence-electron chi connectivity index (χ2n) is 5.32. The summed E-state index contributed by atoms with van der Waals surface area (Å²) >= 11 is 0.964. The maximum atomic E-state index is 13.7. The van der Waals surface area contributed by atoms with Gasteiger partial charge in [-0.3, -0.25) is 0 Å². The van der Waals surface area contributed by atoms with Gasteiger partial charge in [0.05, 0.1) is 7.11 Å². The summed E-state index contributed by atoms with van der Waals surface area (Å²) in [6, 6.07) is 8.08. The molecule has 0 N–H and O–H groups in total. The number of halogens is 5. The van der Waals surface area contributed by atoms with Crippen LogP contribution in [0.15, 0.2) is 47.6 Å². The monoisotopic (exact) mass is 445 g/mol. The Morgan fingerprint density at radius 3 is 2.10 bits per heavy atom. The molecule has 0 radical (unpaired) electrons. The van der Waals surface area contributed by atoms with Gasteiger partial charge in [-0.25, -0.2) is 31.5 Å². The zero-order valence-electron chi connectivity index (χ0n) is 15.1. The van der Waals surface area contributed by atoms with Crippen molar-refractivity contribution in [3.63, 3.8) is 0 Å². The zero-order chi connectivity index (χ0) is 22.3. The number of esters is 1. The summed E-state index contributed by atoms with van der Waals surface area (Å²) in [5.74, 6) is -14.0. The molecule has 30 heavy (non-hydrogen) atoms. The molecule has 2 aromatic carbocycles. The fourth-order valence-electron chi connectivity index (χ4n) is 2.00. The summed E-state index contributed by atoms with van der Waals surface area (Å²) in [6.45, 7) is 0. The van der Waals surface area contributed by atoms with Gasteiger partial charge in [0.1, 0.15) is 10.6 Å². The van der Waals surface area contributed by atoms with E-state index in [9.17, 15) is 31.5 Å². The van der Waals surface area contributed by atoms with Crippen LogP contribution in [0.1, 0.15) is 15.9 Å². The van der Waals surface area contributed by atoms with Crippen molar-refractivity contribution < 1.29 is 41.1 Å². The maximum Gasteiger partial charge on any atom is 0.371 e. The van der Waals surface area contributed by atoms with Crippen LogP contribution in [0.4, 0.5) is 22.0 Å².